The van der Waals surface area contributed by atoms with Crippen molar-refractivity contribution in [1.82, 2.24) is 16.0 Å². The van der Waals surface area contributed by atoms with E-state index in [-0.39, 0.29) is 99.8 Å². The molecule has 0 aromatic carbocycles. The van der Waals surface area contributed by atoms with Crippen LogP contribution in [0.4, 0.5) is 0 Å². The lowest BCUT2D eigenvalue weighted by Crippen LogP contribution is -2.40. The zero-order valence-corrected chi connectivity index (χ0v) is 34.2. The van der Waals surface area contributed by atoms with Crippen LogP contribution in [0.2, 0.25) is 0 Å². The van der Waals surface area contributed by atoms with Gasteiger partial charge in [-0.25, -0.2) is 9.59 Å². The van der Waals surface area contributed by atoms with Crippen LogP contribution in [0.1, 0.15) is 98.3 Å². The Bertz CT molecular complexity index is 1150. The quantitative estimate of drug-likeness (QED) is 0.0551. The number of hydrogen-bond acceptors (Lipinski definition) is 14. The van der Waals surface area contributed by atoms with E-state index in [9.17, 15) is 38.4 Å². The van der Waals surface area contributed by atoms with Gasteiger partial charge < -0.3 is 54.6 Å². The number of carboxylic acid groups (broad SMARTS) is 2. The monoisotopic (exact) mass is 821 g/mol. The van der Waals surface area contributed by atoms with Gasteiger partial charge in [0.25, 0.3) is 0 Å². The highest BCUT2D eigenvalue weighted by molar-refractivity contribution is 5.85. The van der Waals surface area contributed by atoms with Crippen LogP contribution >= 0.6 is 0 Å². The molecule has 0 aromatic rings. The summed E-state index contributed by atoms with van der Waals surface area (Å²) in [6, 6.07) is -2.08. The molecular weight excluding hydrogens is 754 g/mol. The maximum atomic E-state index is 11.9. The number of ether oxygens (including phenoxy) is 6. The van der Waals surface area contributed by atoms with Gasteiger partial charge in [-0.1, -0.05) is 20.8 Å². The molecule has 0 saturated heterocycles. The van der Waals surface area contributed by atoms with Crippen LogP contribution in [0.15, 0.2) is 0 Å². The summed E-state index contributed by atoms with van der Waals surface area (Å²) in [7, 11) is 0. The second-order valence-corrected chi connectivity index (χ2v) is 12.4. The number of carboxylic acids is 2. The molecule has 2 unspecified atom stereocenters. The molecule has 0 saturated carbocycles. The van der Waals surface area contributed by atoms with Gasteiger partial charge in [0.1, 0.15) is 36.9 Å². The highest BCUT2D eigenvalue weighted by Crippen LogP contribution is 2.05. The van der Waals surface area contributed by atoms with E-state index in [4.69, 9.17) is 38.6 Å². The molecule has 3 amide bonds. The van der Waals surface area contributed by atoms with E-state index >= 15 is 0 Å². The number of hydrogen-bond donors (Lipinski definition) is 5. The SMILES string of the molecule is CCC(=O)COCCOCCCC(=O)CCC(NC(=O)CC)C(=O)O.CCOCCOCCNC(=O)COCCOCCCC(=O)CCC(NC(=O)CC)C(=O)O. The smallest absolute Gasteiger partial charge is 0.326 e. The number of amides is 3. The molecule has 0 fully saturated rings. The molecule has 0 aliphatic rings. The van der Waals surface area contributed by atoms with Gasteiger partial charge in [0.05, 0.1) is 46.2 Å². The van der Waals surface area contributed by atoms with Crippen LogP contribution in [-0.4, -0.2) is 155 Å². The predicted molar refractivity (Wildman–Crippen MR) is 206 cm³/mol. The summed E-state index contributed by atoms with van der Waals surface area (Å²) in [5, 5.41) is 25.5. The molecule has 5 N–H and O–H groups in total. The second-order valence-electron chi connectivity index (χ2n) is 12.4. The van der Waals surface area contributed by atoms with Gasteiger partial charge in [-0.05, 0) is 32.6 Å². The minimum atomic E-state index is -1.15. The van der Waals surface area contributed by atoms with Gasteiger partial charge >= 0.3 is 11.9 Å². The molecule has 57 heavy (non-hydrogen) atoms. The summed E-state index contributed by atoms with van der Waals surface area (Å²) >= 11 is 0. The van der Waals surface area contributed by atoms with Crippen LogP contribution in [0.5, 0.6) is 0 Å². The van der Waals surface area contributed by atoms with E-state index in [1.807, 2.05) is 6.92 Å². The maximum absolute atomic E-state index is 11.9. The molecule has 19 heteroatoms. The number of Topliss-reactive ketones (excluding diaryl/α,β-unsaturated/α-hetero) is 3. The number of aliphatic carboxylic acids is 2. The van der Waals surface area contributed by atoms with Crippen molar-refractivity contribution in [3.05, 3.63) is 0 Å². The molecule has 0 bridgehead atoms. The average Bonchev–Trinajstić information content (AvgIpc) is 3.19. The summed E-state index contributed by atoms with van der Waals surface area (Å²) in [4.78, 5) is 90.8. The molecule has 0 spiro atoms. The average molecular weight is 822 g/mol. The number of ketones is 3. The number of rotatable bonds is 38. The van der Waals surface area contributed by atoms with E-state index < -0.39 is 24.0 Å². The third-order valence-corrected chi connectivity index (χ3v) is 7.60. The maximum Gasteiger partial charge on any atom is 0.326 e. The van der Waals surface area contributed by atoms with E-state index in [2.05, 4.69) is 16.0 Å². The Balaban J connectivity index is 0. The highest BCUT2D eigenvalue weighted by Gasteiger charge is 2.21. The minimum absolute atomic E-state index is 0.0420. The molecule has 0 aliphatic heterocycles. The Morgan fingerprint density at radius 2 is 0.877 bits per heavy atom. The van der Waals surface area contributed by atoms with Crippen molar-refractivity contribution >= 4 is 47.0 Å². The first-order valence-electron chi connectivity index (χ1n) is 19.6. The molecule has 330 valence electrons. The molecule has 19 nitrogen and oxygen atoms in total. The lowest BCUT2D eigenvalue weighted by atomic mass is 10.1. The summed E-state index contributed by atoms with van der Waals surface area (Å²) in [6.45, 7) is 11.4. The van der Waals surface area contributed by atoms with Crippen LogP contribution in [0.3, 0.4) is 0 Å². The standard InChI is InChI=1S/C21H38N2O9.C17H29NO7/c1-3-19(25)23-18(21(27)28)8-7-17(24)6-5-10-30-14-15-32-16-20(26)22-9-11-31-13-12-29-4-2;1-3-13(19)12-25-11-10-24-9-5-6-14(20)7-8-15(17(22)23)18-16(21)4-2/h18H,3-16H2,1-2H3,(H,22,26)(H,23,25)(H,27,28);15H,3-12H2,1-2H3,(H,18,21)(H,22,23). The van der Waals surface area contributed by atoms with Crippen molar-refractivity contribution in [2.24, 2.45) is 0 Å². The van der Waals surface area contributed by atoms with E-state index in [0.29, 0.717) is 91.7 Å². The van der Waals surface area contributed by atoms with Gasteiger partial charge in [-0.2, -0.15) is 0 Å². The lowest BCUT2D eigenvalue weighted by molar-refractivity contribution is -0.142. The van der Waals surface area contributed by atoms with Crippen molar-refractivity contribution in [3.63, 3.8) is 0 Å². The summed E-state index contributed by atoms with van der Waals surface area (Å²) < 4.78 is 31.4. The fourth-order valence-corrected chi connectivity index (χ4v) is 4.28. The van der Waals surface area contributed by atoms with E-state index in [1.165, 1.54) is 0 Å². The molecule has 0 heterocycles. The van der Waals surface area contributed by atoms with Crippen LogP contribution in [0.25, 0.3) is 0 Å². The number of carbonyl (C=O) groups is 8. The fraction of sp³-hybridized carbons (Fsp3) is 0.789. The molecule has 2 atom stereocenters. The summed E-state index contributed by atoms with van der Waals surface area (Å²) in [5.74, 6) is -3.34. The van der Waals surface area contributed by atoms with E-state index in [0.717, 1.165) is 0 Å². The third-order valence-electron chi connectivity index (χ3n) is 7.60. The topological polar surface area (TPSA) is 268 Å². The molecule has 0 aliphatic carbocycles. The van der Waals surface area contributed by atoms with Gasteiger partial charge in [-0.3, -0.25) is 28.8 Å². The zero-order chi connectivity index (χ0) is 43.1. The van der Waals surface area contributed by atoms with E-state index in [1.54, 1.807) is 20.8 Å². The van der Waals surface area contributed by atoms with Gasteiger partial charge in [0.2, 0.25) is 17.7 Å². The van der Waals surface area contributed by atoms with Gasteiger partial charge in [-0.15, -0.1) is 0 Å². The highest BCUT2D eigenvalue weighted by atomic mass is 16.5. The fourth-order valence-electron chi connectivity index (χ4n) is 4.28. The molecule has 0 radical (unpaired) electrons. The minimum Gasteiger partial charge on any atom is -0.480 e. The summed E-state index contributed by atoms with van der Waals surface area (Å²) in [6.07, 6.45) is 2.77. The van der Waals surface area contributed by atoms with Crippen molar-refractivity contribution in [2.75, 3.05) is 85.8 Å². The Morgan fingerprint density at radius 1 is 0.456 bits per heavy atom. The Morgan fingerprint density at radius 3 is 1.30 bits per heavy atom. The predicted octanol–water partition coefficient (Wildman–Crippen LogP) is 1.41. The first-order chi connectivity index (χ1) is 27.3. The number of carbonyl (C=O) groups excluding carboxylic acids is 6. The third kappa shape index (κ3) is 37.5. The lowest BCUT2D eigenvalue weighted by Gasteiger charge is -2.13. The van der Waals surface area contributed by atoms with Gasteiger partial charge in [0, 0.05) is 71.3 Å². The molecular formula is C38H67N3O16. The van der Waals surface area contributed by atoms with Crippen molar-refractivity contribution < 1.29 is 77.0 Å². The largest absolute Gasteiger partial charge is 0.480 e. The normalized spacial score (nSPS) is 11.7. The Labute approximate surface area is 335 Å². The molecule has 0 rings (SSSR count). The first-order valence-corrected chi connectivity index (χ1v) is 19.6. The summed E-state index contributed by atoms with van der Waals surface area (Å²) in [5.41, 5.74) is 0. The van der Waals surface area contributed by atoms with Crippen LogP contribution < -0.4 is 16.0 Å². The van der Waals surface area contributed by atoms with Crippen molar-refractivity contribution in [2.45, 2.75) is 110 Å². The van der Waals surface area contributed by atoms with Crippen LogP contribution in [0, 0.1) is 0 Å². The van der Waals surface area contributed by atoms with Gasteiger partial charge in [0.15, 0.2) is 5.78 Å². The Hall–Kier alpha value is -3.88. The zero-order valence-electron chi connectivity index (χ0n) is 34.2. The number of nitrogens with one attached hydrogen (secondary N) is 3. The first kappa shape index (κ1) is 55.2. The van der Waals surface area contributed by atoms with Crippen molar-refractivity contribution in [1.29, 1.82) is 0 Å². The van der Waals surface area contributed by atoms with Crippen molar-refractivity contribution in [3.8, 4) is 0 Å². The Kier molecular flexibility index (Phi) is 37.8. The molecule has 0 aromatic heterocycles. The van der Waals surface area contributed by atoms with Crippen LogP contribution in [-0.2, 0) is 66.8 Å². The second kappa shape index (κ2) is 39.0.